The molecule has 4 rings (SSSR count). The van der Waals surface area contributed by atoms with E-state index < -0.39 is 24.9 Å². The lowest BCUT2D eigenvalue weighted by Crippen LogP contribution is -2.44. The van der Waals surface area contributed by atoms with Crippen LogP contribution >= 0.6 is 0 Å². The summed E-state index contributed by atoms with van der Waals surface area (Å²) >= 11 is 0. The Morgan fingerprint density at radius 2 is 1.60 bits per heavy atom. The molecule has 0 N–H and O–H groups in total. The van der Waals surface area contributed by atoms with Gasteiger partial charge in [0.25, 0.3) is 5.88 Å². The second-order valence-corrected chi connectivity index (χ2v) is 9.31. The first-order chi connectivity index (χ1) is 16.8. The van der Waals surface area contributed by atoms with Crippen molar-refractivity contribution in [1.82, 2.24) is 19.8 Å². The summed E-state index contributed by atoms with van der Waals surface area (Å²) in [5, 5.41) is 9.12. The first-order valence-electron chi connectivity index (χ1n) is 12.1. The maximum absolute atomic E-state index is 12.5. The summed E-state index contributed by atoms with van der Waals surface area (Å²) in [5.74, 6) is 0.268. The zero-order valence-corrected chi connectivity index (χ0v) is 19.5. The van der Waals surface area contributed by atoms with Gasteiger partial charge in [-0.2, -0.15) is 18.4 Å². The highest BCUT2D eigenvalue weighted by atomic mass is 19.4. The van der Waals surface area contributed by atoms with E-state index in [1.807, 2.05) is 6.07 Å². The third kappa shape index (κ3) is 7.41. The molecule has 1 aromatic rings. The van der Waals surface area contributed by atoms with E-state index >= 15 is 0 Å². The molecule has 2 saturated heterocycles. The molecule has 1 atom stereocenters. The van der Waals surface area contributed by atoms with E-state index in [2.05, 4.69) is 9.97 Å². The van der Waals surface area contributed by atoms with E-state index in [4.69, 9.17) is 19.5 Å². The van der Waals surface area contributed by atoms with Crippen LogP contribution in [0, 0.1) is 11.3 Å². The molecule has 3 fully saturated rings. The van der Waals surface area contributed by atoms with Gasteiger partial charge in [-0.15, -0.1) is 0 Å². The lowest BCUT2D eigenvalue weighted by atomic mass is 9.94. The van der Waals surface area contributed by atoms with Crippen molar-refractivity contribution in [3.63, 3.8) is 0 Å². The fraction of sp³-hybridized carbons (Fsp3) is 0.739. The summed E-state index contributed by atoms with van der Waals surface area (Å²) < 4.78 is 55.2. The molecule has 2 aliphatic heterocycles. The van der Waals surface area contributed by atoms with Gasteiger partial charge in [-0.3, -0.25) is 4.90 Å². The molecule has 3 aliphatic rings. The minimum absolute atomic E-state index is 0.0297. The highest BCUT2D eigenvalue weighted by Gasteiger charge is 2.36. The Balaban J connectivity index is 1.13. The monoisotopic (exact) mass is 497 g/mol. The molecule has 1 saturated carbocycles. The van der Waals surface area contributed by atoms with Crippen LogP contribution in [-0.2, 0) is 9.47 Å². The summed E-state index contributed by atoms with van der Waals surface area (Å²) in [6.07, 6.45) is 2.99. The molecule has 35 heavy (non-hydrogen) atoms. The van der Waals surface area contributed by atoms with Crippen molar-refractivity contribution in [2.24, 2.45) is 0 Å². The average molecular weight is 498 g/mol. The molecule has 1 aromatic heterocycles. The van der Waals surface area contributed by atoms with Gasteiger partial charge in [0.05, 0.1) is 18.8 Å². The van der Waals surface area contributed by atoms with Crippen molar-refractivity contribution < 1.29 is 32.2 Å². The Bertz CT molecular complexity index is 896. The number of aromatic nitrogens is 2. The maximum Gasteiger partial charge on any atom is 0.410 e. The number of carbonyl (C=O) groups excluding carboxylic acids is 1. The number of alkyl halides is 3. The van der Waals surface area contributed by atoms with Gasteiger partial charge in [0.1, 0.15) is 18.3 Å². The molecule has 3 heterocycles. The van der Waals surface area contributed by atoms with Crippen LogP contribution in [0.15, 0.2) is 12.4 Å². The topological polar surface area (TPSA) is 101 Å². The zero-order valence-electron chi connectivity index (χ0n) is 19.5. The average Bonchev–Trinajstić information content (AvgIpc) is 3.26. The smallest absolute Gasteiger partial charge is 0.410 e. The molecular weight excluding hydrogens is 467 g/mol. The predicted molar refractivity (Wildman–Crippen MR) is 116 cm³/mol. The number of ether oxygens (including phenoxy) is 3. The van der Waals surface area contributed by atoms with Gasteiger partial charge in [-0.25, -0.2) is 14.8 Å². The quantitative estimate of drug-likeness (QED) is 0.590. The van der Waals surface area contributed by atoms with Crippen molar-refractivity contribution in [1.29, 1.82) is 5.26 Å². The highest BCUT2D eigenvalue weighted by Crippen LogP contribution is 2.28. The van der Waals surface area contributed by atoms with Crippen LogP contribution in [0.5, 0.6) is 5.88 Å². The van der Waals surface area contributed by atoms with Gasteiger partial charge in [-0.1, -0.05) is 0 Å². The van der Waals surface area contributed by atoms with Crippen molar-refractivity contribution in [3.05, 3.63) is 18.1 Å². The Hall–Kier alpha value is -2.65. The predicted octanol–water partition coefficient (Wildman–Crippen LogP) is 3.29. The number of halogens is 3. The van der Waals surface area contributed by atoms with Gasteiger partial charge >= 0.3 is 12.3 Å². The Kier molecular flexibility index (Phi) is 8.28. The van der Waals surface area contributed by atoms with Crippen LogP contribution in [0.3, 0.4) is 0 Å². The Morgan fingerprint density at radius 3 is 2.29 bits per heavy atom. The molecule has 0 radical (unpaired) electrons. The van der Waals surface area contributed by atoms with Crippen LogP contribution < -0.4 is 4.74 Å². The van der Waals surface area contributed by atoms with E-state index in [0.29, 0.717) is 32.4 Å². The van der Waals surface area contributed by atoms with E-state index in [-0.39, 0.29) is 43.0 Å². The summed E-state index contributed by atoms with van der Waals surface area (Å²) in [7, 11) is 0. The molecule has 0 unspecified atom stereocenters. The summed E-state index contributed by atoms with van der Waals surface area (Å²) in [4.78, 5) is 23.4. The number of piperidine rings is 1. The van der Waals surface area contributed by atoms with Crippen LogP contribution in [0.4, 0.5) is 18.0 Å². The molecule has 1 aliphatic carbocycles. The standard InChI is InChI=1S/C23H30F3N5O4/c24-23(25,26)15-30-10-5-19(14-30)35-22(32)31-11-6-18(7-12-31)33-16-1-3-17(4-2-16)34-21-20(13-27)28-8-9-29-21/h8-9,16-19H,1-7,10-12,14-15H2/t16?,17?,19-/m1/s1. The van der Waals surface area contributed by atoms with Gasteiger partial charge in [-0.05, 0) is 44.9 Å². The number of amides is 1. The maximum atomic E-state index is 12.5. The summed E-state index contributed by atoms with van der Waals surface area (Å²) in [5.41, 5.74) is 0.183. The third-order valence-electron chi connectivity index (χ3n) is 6.65. The fourth-order valence-electron chi connectivity index (χ4n) is 4.89. The number of rotatable bonds is 6. The molecule has 1 amide bonds. The van der Waals surface area contributed by atoms with Crippen molar-refractivity contribution in [2.45, 2.75) is 75.5 Å². The van der Waals surface area contributed by atoms with Gasteiger partial charge < -0.3 is 19.1 Å². The van der Waals surface area contributed by atoms with Crippen LogP contribution in [-0.4, -0.2) is 89.2 Å². The van der Waals surface area contributed by atoms with E-state index in [1.165, 1.54) is 17.3 Å². The molecule has 0 bridgehead atoms. The molecule has 192 valence electrons. The number of hydrogen-bond acceptors (Lipinski definition) is 8. The highest BCUT2D eigenvalue weighted by molar-refractivity contribution is 5.68. The Labute approximate surface area is 202 Å². The number of nitrogens with zero attached hydrogens (tertiary/aromatic N) is 5. The van der Waals surface area contributed by atoms with Crippen molar-refractivity contribution in [3.8, 4) is 11.9 Å². The fourth-order valence-corrected chi connectivity index (χ4v) is 4.89. The van der Waals surface area contributed by atoms with E-state index in [9.17, 15) is 18.0 Å². The minimum Gasteiger partial charge on any atom is -0.472 e. The molecule has 9 nitrogen and oxygen atoms in total. The molecule has 12 heteroatoms. The first kappa shape index (κ1) is 25.4. The molecule has 0 spiro atoms. The normalized spacial score (nSPS) is 26.3. The molecule has 0 aromatic carbocycles. The Morgan fingerprint density at radius 1 is 0.971 bits per heavy atom. The number of hydrogen-bond donors (Lipinski definition) is 0. The number of nitriles is 1. The first-order valence-corrected chi connectivity index (χ1v) is 12.1. The van der Waals surface area contributed by atoms with Crippen molar-refractivity contribution >= 4 is 6.09 Å². The van der Waals surface area contributed by atoms with Crippen LogP contribution in [0.2, 0.25) is 0 Å². The second kappa shape index (κ2) is 11.4. The lowest BCUT2D eigenvalue weighted by molar-refractivity contribution is -0.144. The summed E-state index contributed by atoms with van der Waals surface area (Å²) in [6.45, 7) is 0.430. The third-order valence-corrected chi connectivity index (χ3v) is 6.65. The van der Waals surface area contributed by atoms with Gasteiger partial charge in [0.15, 0.2) is 0 Å². The van der Waals surface area contributed by atoms with Gasteiger partial charge in [0.2, 0.25) is 5.69 Å². The zero-order chi connectivity index (χ0) is 24.8. The summed E-state index contributed by atoms with van der Waals surface area (Å²) in [6, 6.07) is 1.99. The van der Waals surface area contributed by atoms with Gasteiger partial charge in [0, 0.05) is 38.6 Å². The molecular formula is C23H30F3N5O4. The van der Waals surface area contributed by atoms with E-state index in [0.717, 1.165) is 25.7 Å². The largest absolute Gasteiger partial charge is 0.472 e. The van der Waals surface area contributed by atoms with E-state index in [1.54, 1.807) is 4.90 Å². The van der Waals surface area contributed by atoms with Crippen LogP contribution in [0.25, 0.3) is 0 Å². The number of likely N-dealkylation sites (tertiary alicyclic amines) is 2. The lowest BCUT2D eigenvalue weighted by Gasteiger charge is -2.36. The minimum atomic E-state index is -4.25. The van der Waals surface area contributed by atoms with Crippen molar-refractivity contribution in [2.75, 3.05) is 32.7 Å². The SMILES string of the molecule is N#Cc1nccnc1OC1CCC(OC2CCN(C(=O)O[C@@H]3CCN(CC(F)(F)F)C3)CC2)CC1. The van der Waals surface area contributed by atoms with Crippen LogP contribution in [0.1, 0.15) is 50.6 Å². The number of carbonyl (C=O) groups is 1. The second-order valence-electron chi connectivity index (χ2n) is 9.31.